The molecule has 1 saturated carbocycles. The number of carbonyl (C=O) groups is 1. The van der Waals surface area contributed by atoms with E-state index in [1.165, 1.54) is 26.2 Å². The van der Waals surface area contributed by atoms with Crippen molar-refractivity contribution in [3.05, 3.63) is 65.7 Å². The molecule has 0 aromatic heterocycles. The van der Waals surface area contributed by atoms with Gasteiger partial charge >= 0.3 is 6.09 Å². The molecule has 1 amide bonds. The zero-order valence-electron chi connectivity index (χ0n) is 15.6. The maximum Gasteiger partial charge on any atom is 0.438 e. The minimum Gasteiger partial charge on any atom is -0.451 e. The Bertz CT molecular complexity index is 779. The van der Waals surface area contributed by atoms with Crippen molar-refractivity contribution in [3.8, 4) is 0 Å². The number of methoxy groups -OCH3 is 1. The molecule has 6 heteroatoms. The Morgan fingerprint density at radius 1 is 1.15 bits per heavy atom. The number of hydrogen-bond donors (Lipinski definition) is 0. The molecule has 0 N–H and O–H groups in total. The quantitative estimate of drug-likeness (QED) is 0.508. The molecule has 6 nitrogen and oxygen atoms in total. The Kier molecular flexibility index (Phi) is 6.44. The van der Waals surface area contributed by atoms with Gasteiger partial charge in [0.2, 0.25) is 0 Å². The predicted molar refractivity (Wildman–Crippen MR) is 104 cm³/mol. The molecule has 1 aliphatic carbocycles. The van der Waals surface area contributed by atoms with Gasteiger partial charge < -0.3 is 9.57 Å². The van der Waals surface area contributed by atoms with Crippen LogP contribution in [-0.2, 0) is 21.0 Å². The number of benzene rings is 2. The Balaban J connectivity index is 1.50. The van der Waals surface area contributed by atoms with E-state index < -0.39 is 6.09 Å². The van der Waals surface area contributed by atoms with E-state index in [9.17, 15) is 4.79 Å². The molecular formula is C21H24N2O4. The van der Waals surface area contributed by atoms with Crippen molar-refractivity contribution in [3.63, 3.8) is 0 Å². The molecule has 3 rings (SSSR count). The summed E-state index contributed by atoms with van der Waals surface area (Å²) in [6.07, 6.45) is 3.31. The number of para-hydroxylation sites is 1. The van der Waals surface area contributed by atoms with Crippen molar-refractivity contribution in [2.24, 2.45) is 11.1 Å². The predicted octanol–water partition coefficient (Wildman–Crippen LogP) is 4.52. The first-order valence-electron chi connectivity index (χ1n) is 8.93. The summed E-state index contributed by atoms with van der Waals surface area (Å²) in [5.41, 5.74) is 2.73. The second-order valence-electron chi connectivity index (χ2n) is 6.39. The highest BCUT2D eigenvalue weighted by atomic mass is 16.7. The van der Waals surface area contributed by atoms with E-state index >= 15 is 0 Å². The van der Waals surface area contributed by atoms with Crippen LogP contribution in [0.5, 0.6) is 0 Å². The summed E-state index contributed by atoms with van der Waals surface area (Å²) in [6.45, 7) is 0.232. The zero-order chi connectivity index (χ0) is 19.1. The van der Waals surface area contributed by atoms with Crippen LogP contribution in [0.1, 0.15) is 29.9 Å². The third kappa shape index (κ3) is 4.86. The van der Waals surface area contributed by atoms with Crippen molar-refractivity contribution in [2.45, 2.75) is 25.4 Å². The van der Waals surface area contributed by atoms with E-state index in [1.54, 1.807) is 6.07 Å². The number of anilines is 1. The van der Waals surface area contributed by atoms with Gasteiger partial charge in [-0.2, -0.15) is 5.06 Å². The van der Waals surface area contributed by atoms with Gasteiger partial charge in [0, 0.05) is 11.8 Å². The molecule has 0 radical (unpaired) electrons. The number of hydroxylamine groups is 1. The van der Waals surface area contributed by atoms with Crippen LogP contribution in [0.25, 0.3) is 0 Å². The lowest BCUT2D eigenvalue weighted by molar-refractivity contribution is 0.111. The number of rotatable bonds is 8. The number of nitrogens with zero attached hydrogens (tertiary/aromatic N) is 2. The maximum absolute atomic E-state index is 11.8. The zero-order valence-corrected chi connectivity index (χ0v) is 15.6. The van der Waals surface area contributed by atoms with Gasteiger partial charge in [-0.1, -0.05) is 53.7 Å². The fourth-order valence-corrected chi connectivity index (χ4v) is 3.14. The summed E-state index contributed by atoms with van der Waals surface area (Å²) in [5.74, 6) is 1.27. The minimum atomic E-state index is -0.603. The van der Waals surface area contributed by atoms with Gasteiger partial charge in [0.1, 0.15) is 6.61 Å². The fraction of sp³-hybridized carbons (Fsp3) is 0.333. The molecule has 2 aromatic carbocycles. The summed E-state index contributed by atoms with van der Waals surface area (Å²) < 4.78 is 4.73. The average Bonchev–Trinajstić information content (AvgIpc) is 3.49. The van der Waals surface area contributed by atoms with E-state index in [4.69, 9.17) is 14.4 Å². The van der Waals surface area contributed by atoms with Gasteiger partial charge in [0.05, 0.1) is 19.9 Å². The number of carbonyl (C=O) groups excluding carboxylic acids is 1. The lowest BCUT2D eigenvalue weighted by Gasteiger charge is -2.20. The normalized spacial score (nSPS) is 18.3. The lowest BCUT2D eigenvalue weighted by atomic mass is 10.1. The lowest BCUT2D eigenvalue weighted by Crippen LogP contribution is -2.30. The smallest absolute Gasteiger partial charge is 0.438 e. The molecule has 2 aromatic rings. The molecule has 0 unspecified atom stereocenters. The topological polar surface area (TPSA) is 60.4 Å². The van der Waals surface area contributed by atoms with Gasteiger partial charge in [-0.25, -0.2) is 4.79 Å². The number of amides is 1. The molecule has 142 valence electrons. The number of oxime groups is 1. The Labute approximate surface area is 159 Å². The summed E-state index contributed by atoms with van der Waals surface area (Å²) >= 11 is 0. The molecule has 1 aliphatic rings. The van der Waals surface area contributed by atoms with Gasteiger partial charge in [-0.15, -0.1) is 0 Å². The summed E-state index contributed by atoms with van der Waals surface area (Å²) in [6, 6.07) is 17.9. The summed E-state index contributed by atoms with van der Waals surface area (Å²) in [4.78, 5) is 22.3. The first-order chi connectivity index (χ1) is 13.2. The van der Waals surface area contributed by atoms with Crippen molar-refractivity contribution >= 4 is 18.0 Å². The second kappa shape index (κ2) is 9.19. The summed E-state index contributed by atoms with van der Waals surface area (Å²) in [5, 5.41) is 5.15. The first-order valence-corrected chi connectivity index (χ1v) is 8.93. The molecular weight excluding hydrogens is 344 g/mol. The largest absolute Gasteiger partial charge is 0.451 e. The van der Waals surface area contributed by atoms with E-state index in [0.29, 0.717) is 17.5 Å². The van der Waals surface area contributed by atoms with Gasteiger partial charge in [0.15, 0.2) is 0 Å². The van der Waals surface area contributed by atoms with Crippen LogP contribution in [0.4, 0.5) is 10.5 Å². The van der Waals surface area contributed by atoms with E-state index in [0.717, 1.165) is 17.0 Å². The van der Waals surface area contributed by atoms with Crippen molar-refractivity contribution in [1.82, 2.24) is 0 Å². The third-order valence-electron chi connectivity index (χ3n) is 4.66. The molecule has 1 fully saturated rings. The van der Waals surface area contributed by atoms with Crippen LogP contribution < -0.4 is 5.06 Å². The van der Waals surface area contributed by atoms with E-state index in [1.807, 2.05) is 30.5 Å². The maximum atomic E-state index is 11.8. The monoisotopic (exact) mass is 368 g/mol. The van der Waals surface area contributed by atoms with E-state index in [-0.39, 0.29) is 6.61 Å². The van der Waals surface area contributed by atoms with Gasteiger partial charge in [-0.3, -0.25) is 4.84 Å². The molecule has 27 heavy (non-hydrogen) atoms. The Hall–Kier alpha value is -2.86. The van der Waals surface area contributed by atoms with Crippen molar-refractivity contribution in [2.75, 3.05) is 19.3 Å². The van der Waals surface area contributed by atoms with Gasteiger partial charge in [-0.05, 0) is 36.3 Å². The molecule has 0 aliphatic heterocycles. The van der Waals surface area contributed by atoms with Gasteiger partial charge in [0.25, 0.3) is 0 Å². The fourth-order valence-electron chi connectivity index (χ4n) is 3.14. The Morgan fingerprint density at radius 2 is 1.89 bits per heavy atom. The van der Waals surface area contributed by atoms with Crippen LogP contribution >= 0.6 is 0 Å². The highest BCUT2D eigenvalue weighted by molar-refractivity contribution is 5.86. The van der Waals surface area contributed by atoms with Crippen LogP contribution in [0, 0.1) is 5.92 Å². The SMILES string of the molecule is COC(=O)N(OC)c1ccccc1CO/N=C\C[C@@H]1C[C@H]1c1ccccc1. The number of ether oxygens (including phenoxy) is 1. The Morgan fingerprint density at radius 3 is 2.63 bits per heavy atom. The van der Waals surface area contributed by atoms with Crippen LogP contribution in [0.15, 0.2) is 59.8 Å². The van der Waals surface area contributed by atoms with Crippen LogP contribution in [0.2, 0.25) is 0 Å². The summed E-state index contributed by atoms with van der Waals surface area (Å²) in [7, 11) is 2.71. The molecule has 2 atom stereocenters. The molecule has 0 heterocycles. The van der Waals surface area contributed by atoms with Crippen molar-refractivity contribution < 1.29 is 19.2 Å². The molecule has 0 spiro atoms. The van der Waals surface area contributed by atoms with Crippen LogP contribution in [0.3, 0.4) is 0 Å². The second-order valence-corrected chi connectivity index (χ2v) is 6.39. The highest BCUT2D eigenvalue weighted by Gasteiger charge is 2.37. The molecule has 0 saturated heterocycles. The number of hydrogen-bond acceptors (Lipinski definition) is 5. The first kappa shape index (κ1) is 18.9. The highest BCUT2D eigenvalue weighted by Crippen LogP contribution is 2.48. The van der Waals surface area contributed by atoms with Crippen molar-refractivity contribution in [1.29, 1.82) is 0 Å². The minimum absolute atomic E-state index is 0.232. The van der Waals surface area contributed by atoms with E-state index in [2.05, 4.69) is 29.4 Å². The standard InChI is InChI=1S/C21H24N2O4/c1-25-21(24)23(26-2)20-11-7-6-10-18(20)15-27-22-13-12-17-14-19(17)16-8-4-3-5-9-16/h3-11,13,17,19H,12,14-15H2,1-2H3/b22-13-/t17-,19+/m1/s1. The average molecular weight is 368 g/mol. The van der Waals surface area contributed by atoms with Crippen LogP contribution in [-0.4, -0.2) is 26.5 Å². The molecule has 0 bridgehead atoms. The third-order valence-corrected chi connectivity index (χ3v) is 4.66.